The highest BCUT2D eigenvalue weighted by Crippen LogP contribution is 2.08. The predicted octanol–water partition coefficient (Wildman–Crippen LogP) is 1.13. The Bertz CT molecular complexity index is 314. The molecule has 6 heteroatoms. The SMILES string of the molecule is CC(C)C(CN(C)C)NC(=O)NC(C)(C)CC(=O)O. The molecule has 0 saturated heterocycles. The zero-order chi connectivity index (χ0) is 15.2. The Balaban J connectivity index is 4.45. The van der Waals surface area contributed by atoms with Crippen molar-refractivity contribution in [2.75, 3.05) is 20.6 Å². The lowest BCUT2D eigenvalue weighted by molar-refractivity contribution is -0.138. The number of carbonyl (C=O) groups excluding carboxylic acids is 1. The molecule has 2 amide bonds. The van der Waals surface area contributed by atoms with Gasteiger partial charge >= 0.3 is 12.0 Å². The summed E-state index contributed by atoms with van der Waals surface area (Å²) in [6, 6.07) is -0.303. The van der Waals surface area contributed by atoms with E-state index in [1.807, 2.05) is 32.8 Å². The van der Waals surface area contributed by atoms with E-state index in [1.54, 1.807) is 13.8 Å². The Morgan fingerprint density at radius 1 is 1.26 bits per heavy atom. The molecule has 0 spiro atoms. The highest BCUT2D eigenvalue weighted by Gasteiger charge is 2.25. The Hall–Kier alpha value is -1.30. The van der Waals surface area contributed by atoms with E-state index in [1.165, 1.54) is 0 Å². The molecule has 3 N–H and O–H groups in total. The van der Waals surface area contributed by atoms with Gasteiger partial charge in [-0.05, 0) is 33.9 Å². The lowest BCUT2D eigenvalue weighted by Gasteiger charge is -2.29. The number of aliphatic carboxylic acids is 1. The number of carboxylic acid groups (broad SMARTS) is 1. The molecule has 0 radical (unpaired) electrons. The molecule has 19 heavy (non-hydrogen) atoms. The molecule has 0 bridgehead atoms. The van der Waals surface area contributed by atoms with Gasteiger partial charge in [-0.15, -0.1) is 0 Å². The van der Waals surface area contributed by atoms with Crippen LogP contribution in [-0.4, -0.2) is 54.2 Å². The number of amides is 2. The first-order chi connectivity index (χ1) is 8.53. The van der Waals surface area contributed by atoms with Crippen LogP contribution < -0.4 is 10.6 Å². The number of nitrogens with zero attached hydrogens (tertiary/aromatic N) is 1. The number of carbonyl (C=O) groups is 2. The zero-order valence-corrected chi connectivity index (χ0v) is 12.8. The molecular weight excluding hydrogens is 246 g/mol. The molecule has 6 nitrogen and oxygen atoms in total. The van der Waals surface area contributed by atoms with Gasteiger partial charge in [0.15, 0.2) is 0 Å². The fourth-order valence-electron chi connectivity index (χ4n) is 1.75. The molecule has 0 fully saturated rings. The van der Waals surface area contributed by atoms with Gasteiger partial charge in [0.1, 0.15) is 0 Å². The van der Waals surface area contributed by atoms with E-state index >= 15 is 0 Å². The highest BCUT2D eigenvalue weighted by molar-refractivity contribution is 5.76. The van der Waals surface area contributed by atoms with Crippen LogP contribution in [0, 0.1) is 5.92 Å². The minimum atomic E-state index is -0.931. The van der Waals surface area contributed by atoms with Crippen molar-refractivity contribution in [1.82, 2.24) is 15.5 Å². The van der Waals surface area contributed by atoms with Crippen LogP contribution >= 0.6 is 0 Å². The Kier molecular flexibility index (Phi) is 6.83. The lowest BCUT2D eigenvalue weighted by atomic mass is 10.0. The second-order valence-corrected chi connectivity index (χ2v) is 6.17. The first-order valence-corrected chi connectivity index (χ1v) is 6.48. The molecule has 0 aromatic carbocycles. The summed E-state index contributed by atoms with van der Waals surface area (Å²) in [6.07, 6.45) is -0.111. The molecule has 1 unspecified atom stereocenters. The number of rotatable bonds is 7. The van der Waals surface area contributed by atoms with Crippen LogP contribution in [0.3, 0.4) is 0 Å². The summed E-state index contributed by atoms with van der Waals surface area (Å²) in [7, 11) is 3.90. The van der Waals surface area contributed by atoms with E-state index in [-0.39, 0.29) is 18.5 Å². The topological polar surface area (TPSA) is 81.7 Å². The monoisotopic (exact) mass is 273 g/mol. The molecule has 0 rings (SSSR count). The van der Waals surface area contributed by atoms with Gasteiger partial charge in [-0.3, -0.25) is 4.79 Å². The van der Waals surface area contributed by atoms with E-state index in [9.17, 15) is 9.59 Å². The first-order valence-electron chi connectivity index (χ1n) is 6.48. The van der Waals surface area contributed by atoms with Crippen LogP contribution in [0.5, 0.6) is 0 Å². The van der Waals surface area contributed by atoms with Crippen molar-refractivity contribution in [2.24, 2.45) is 5.92 Å². The van der Waals surface area contributed by atoms with E-state index in [0.29, 0.717) is 5.92 Å². The number of urea groups is 1. The summed E-state index contributed by atoms with van der Waals surface area (Å²) in [5.74, 6) is -0.630. The summed E-state index contributed by atoms with van der Waals surface area (Å²) in [5, 5.41) is 14.4. The highest BCUT2D eigenvalue weighted by atomic mass is 16.4. The van der Waals surface area contributed by atoms with Crippen molar-refractivity contribution in [2.45, 2.75) is 45.7 Å². The standard InChI is InChI=1S/C13H27N3O3/c1-9(2)10(8-16(5)6)14-12(19)15-13(3,4)7-11(17)18/h9-10H,7-8H2,1-6H3,(H,17,18)(H2,14,15,19). The fraction of sp³-hybridized carbons (Fsp3) is 0.846. The van der Waals surface area contributed by atoms with Crippen LogP contribution in [-0.2, 0) is 4.79 Å². The minimum Gasteiger partial charge on any atom is -0.481 e. The molecule has 1 atom stereocenters. The van der Waals surface area contributed by atoms with Gasteiger partial charge in [0.2, 0.25) is 0 Å². The molecule has 0 saturated carbocycles. The molecule has 112 valence electrons. The molecule has 0 aliphatic rings. The number of nitrogens with one attached hydrogen (secondary N) is 2. The van der Waals surface area contributed by atoms with E-state index in [4.69, 9.17) is 5.11 Å². The number of hydrogen-bond acceptors (Lipinski definition) is 3. The Morgan fingerprint density at radius 3 is 2.16 bits per heavy atom. The summed E-state index contributed by atoms with van der Waals surface area (Å²) in [6.45, 7) is 8.20. The van der Waals surface area contributed by atoms with Gasteiger partial charge in [0, 0.05) is 18.1 Å². The van der Waals surface area contributed by atoms with Crippen LogP contribution in [0.25, 0.3) is 0 Å². The van der Waals surface area contributed by atoms with Crippen molar-refractivity contribution < 1.29 is 14.7 Å². The van der Waals surface area contributed by atoms with Gasteiger partial charge in [0.25, 0.3) is 0 Å². The lowest BCUT2D eigenvalue weighted by Crippen LogP contribution is -2.54. The third-order valence-electron chi connectivity index (χ3n) is 2.73. The summed E-state index contributed by atoms with van der Waals surface area (Å²) in [4.78, 5) is 24.6. The second kappa shape index (κ2) is 7.33. The van der Waals surface area contributed by atoms with Gasteiger partial charge in [-0.25, -0.2) is 4.79 Å². The van der Waals surface area contributed by atoms with Crippen molar-refractivity contribution in [3.63, 3.8) is 0 Å². The Morgan fingerprint density at radius 2 is 1.79 bits per heavy atom. The number of likely N-dealkylation sites (N-methyl/N-ethyl adjacent to an activating group) is 1. The van der Waals surface area contributed by atoms with Crippen molar-refractivity contribution in [3.8, 4) is 0 Å². The van der Waals surface area contributed by atoms with E-state index < -0.39 is 11.5 Å². The van der Waals surface area contributed by atoms with Crippen molar-refractivity contribution >= 4 is 12.0 Å². The smallest absolute Gasteiger partial charge is 0.315 e. The molecule has 0 heterocycles. The van der Waals surface area contributed by atoms with Gasteiger partial charge in [-0.1, -0.05) is 13.8 Å². The zero-order valence-electron chi connectivity index (χ0n) is 12.8. The number of hydrogen-bond donors (Lipinski definition) is 3. The molecule has 0 aromatic rings. The summed E-state index contributed by atoms with van der Waals surface area (Å²) >= 11 is 0. The van der Waals surface area contributed by atoms with Crippen LogP contribution in [0.4, 0.5) is 4.79 Å². The maximum atomic E-state index is 11.9. The third kappa shape index (κ3) is 8.42. The quantitative estimate of drug-likeness (QED) is 0.649. The molecule has 0 aromatic heterocycles. The average molecular weight is 273 g/mol. The largest absolute Gasteiger partial charge is 0.481 e. The fourth-order valence-corrected chi connectivity index (χ4v) is 1.75. The maximum absolute atomic E-state index is 11.9. The van der Waals surface area contributed by atoms with E-state index in [2.05, 4.69) is 10.6 Å². The predicted molar refractivity (Wildman–Crippen MR) is 75.2 cm³/mol. The van der Waals surface area contributed by atoms with Crippen molar-refractivity contribution in [3.05, 3.63) is 0 Å². The Labute approximate surface area is 115 Å². The molecule has 0 aliphatic heterocycles. The van der Waals surface area contributed by atoms with Gasteiger partial charge in [0.05, 0.1) is 6.42 Å². The van der Waals surface area contributed by atoms with Crippen LogP contribution in [0.15, 0.2) is 0 Å². The third-order valence-corrected chi connectivity index (χ3v) is 2.73. The second-order valence-electron chi connectivity index (χ2n) is 6.17. The van der Waals surface area contributed by atoms with Crippen LogP contribution in [0.2, 0.25) is 0 Å². The van der Waals surface area contributed by atoms with E-state index in [0.717, 1.165) is 6.54 Å². The van der Waals surface area contributed by atoms with Crippen molar-refractivity contribution in [1.29, 1.82) is 0 Å². The summed E-state index contributed by atoms with van der Waals surface area (Å²) < 4.78 is 0. The average Bonchev–Trinajstić information content (AvgIpc) is 2.11. The summed E-state index contributed by atoms with van der Waals surface area (Å²) in [5.41, 5.74) is -0.768. The first kappa shape index (κ1) is 17.7. The number of carboxylic acids is 1. The normalized spacial score (nSPS) is 13.5. The van der Waals surface area contributed by atoms with Gasteiger partial charge in [-0.2, -0.15) is 0 Å². The van der Waals surface area contributed by atoms with Crippen LogP contribution in [0.1, 0.15) is 34.1 Å². The molecular formula is C13H27N3O3. The van der Waals surface area contributed by atoms with Gasteiger partial charge < -0.3 is 20.6 Å². The maximum Gasteiger partial charge on any atom is 0.315 e. The minimum absolute atomic E-state index is 0.0237. The molecule has 0 aliphatic carbocycles.